The van der Waals surface area contributed by atoms with Crippen molar-refractivity contribution < 1.29 is 13.2 Å². The molecular formula is C15H24N2O3S. The van der Waals surface area contributed by atoms with Crippen molar-refractivity contribution in [3.8, 4) is 0 Å². The fraction of sp³-hybridized carbons (Fsp3) is 0.600. The molecule has 118 valence electrons. The van der Waals surface area contributed by atoms with Crippen molar-refractivity contribution in [3.05, 3.63) is 29.8 Å². The first-order valence-electron chi connectivity index (χ1n) is 7.47. The predicted molar refractivity (Wildman–Crippen MR) is 82.7 cm³/mol. The van der Waals surface area contributed by atoms with E-state index in [4.69, 9.17) is 4.74 Å². The Morgan fingerprint density at radius 3 is 2.62 bits per heavy atom. The lowest BCUT2D eigenvalue weighted by molar-refractivity contribution is 0.148. The number of hydrogen-bond donors (Lipinski definition) is 1. The van der Waals surface area contributed by atoms with E-state index in [9.17, 15) is 8.42 Å². The fourth-order valence-corrected chi connectivity index (χ4v) is 3.93. The van der Waals surface area contributed by atoms with Gasteiger partial charge in [0, 0.05) is 25.7 Å². The van der Waals surface area contributed by atoms with Crippen LogP contribution in [-0.4, -0.2) is 45.6 Å². The van der Waals surface area contributed by atoms with Gasteiger partial charge in [0.25, 0.3) is 0 Å². The normalized spacial score (nSPS) is 19.1. The van der Waals surface area contributed by atoms with E-state index in [0.29, 0.717) is 31.2 Å². The molecule has 1 aromatic carbocycles. The summed E-state index contributed by atoms with van der Waals surface area (Å²) in [5.74, 6) is 0. The highest BCUT2D eigenvalue weighted by atomic mass is 32.2. The molecule has 1 saturated heterocycles. The molecule has 1 aliphatic heterocycles. The minimum Gasteiger partial charge on any atom is -0.380 e. The average molecular weight is 312 g/mol. The summed E-state index contributed by atoms with van der Waals surface area (Å²) in [7, 11) is -3.41. The van der Waals surface area contributed by atoms with E-state index in [2.05, 4.69) is 19.2 Å². The molecule has 1 unspecified atom stereocenters. The Kier molecular flexibility index (Phi) is 5.75. The molecule has 1 aromatic rings. The smallest absolute Gasteiger partial charge is 0.243 e. The molecule has 6 heteroatoms. The van der Waals surface area contributed by atoms with Crippen molar-refractivity contribution >= 4 is 10.0 Å². The second-order valence-corrected chi connectivity index (χ2v) is 7.16. The summed E-state index contributed by atoms with van der Waals surface area (Å²) in [4.78, 5) is 0.358. The fourth-order valence-electron chi connectivity index (χ4n) is 2.47. The Hall–Kier alpha value is -0.950. The minimum absolute atomic E-state index is 0.221. The lowest BCUT2D eigenvalue weighted by atomic mass is 10.1. The number of benzene rings is 1. The first kappa shape index (κ1) is 16.4. The van der Waals surface area contributed by atoms with E-state index in [1.807, 2.05) is 12.1 Å². The second kappa shape index (κ2) is 7.35. The van der Waals surface area contributed by atoms with Gasteiger partial charge in [-0.3, -0.25) is 0 Å². The minimum atomic E-state index is -3.41. The molecule has 1 heterocycles. The molecule has 21 heavy (non-hydrogen) atoms. The van der Waals surface area contributed by atoms with E-state index < -0.39 is 10.0 Å². The molecule has 2 rings (SSSR count). The van der Waals surface area contributed by atoms with Gasteiger partial charge in [0.05, 0.1) is 11.5 Å². The highest BCUT2D eigenvalue weighted by molar-refractivity contribution is 7.89. The van der Waals surface area contributed by atoms with Gasteiger partial charge in [-0.15, -0.1) is 0 Å². The van der Waals surface area contributed by atoms with E-state index in [0.717, 1.165) is 18.5 Å². The summed E-state index contributed by atoms with van der Waals surface area (Å²) in [5.41, 5.74) is 1.09. The van der Waals surface area contributed by atoms with Crippen molar-refractivity contribution in [2.24, 2.45) is 0 Å². The van der Waals surface area contributed by atoms with Crippen molar-refractivity contribution in [2.75, 3.05) is 32.8 Å². The molecule has 1 aliphatic rings. The van der Waals surface area contributed by atoms with Crippen LogP contribution in [0.3, 0.4) is 0 Å². The molecule has 0 saturated carbocycles. The number of sulfonamides is 1. The Morgan fingerprint density at radius 1 is 1.24 bits per heavy atom. The molecule has 1 N–H and O–H groups in total. The van der Waals surface area contributed by atoms with E-state index >= 15 is 0 Å². The highest BCUT2D eigenvalue weighted by Crippen LogP contribution is 2.20. The monoisotopic (exact) mass is 312 g/mol. The maximum Gasteiger partial charge on any atom is 0.243 e. The van der Waals surface area contributed by atoms with E-state index in [-0.39, 0.29) is 6.04 Å². The van der Waals surface area contributed by atoms with Crippen molar-refractivity contribution in [1.29, 1.82) is 0 Å². The van der Waals surface area contributed by atoms with Gasteiger partial charge in [0.15, 0.2) is 0 Å². The summed E-state index contributed by atoms with van der Waals surface area (Å²) < 4.78 is 32.0. The van der Waals surface area contributed by atoms with E-state index in [1.54, 1.807) is 12.1 Å². The second-order valence-electron chi connectivity index (χ2n) is 5.22. The Labute approximate surface area is 127 Å². The van der Waals surface area contributed by atoms with Crippen LogP contribution in [0.15, 0.2) is 29.2 Å². The van der Waals surface area contributed by atoms with Crippen LogP contribution < -0.4 is 5.32 Å². The molecule has 0 aliphatic carbocycles. The largest absolute Gasteiger partial charge is 0.380 e. The number of rotatable bonds is 5. The first-order valence-corrected chi connectivity index (χ1v) is 8.91. The zero-order valence-electron chi connectivity index (χ0n) is 12.7. The van der Waals surface area contributed by atoms with Gasteiger partial charge in [-0.1, -0.05) is 19.1 Å². The number of nitrogens with zero attached hydrogens (tertiary/aromatic N) is 1. The molecule has 1 atom stereocenters. The summed E-state index contributed by atoms with van der Waals surface area (Å²) in [6.45, 7) is 7.06. The van der Waals surface area contributed by atoms with Gasteiger partial charge >= 0.3 is 0 Å². The lowest BCUT2D eigenvalue weighted by Crippen LogP contribution is -2.33. The summed E-state index contributed by atoms with van der Waals surface area (Å²) in [6, 6.07) is 7.38. The molecule has 0 aromatic heterocycles. The van der Waals surface area contributed by atoms with Crippen LogP contribution in [-0.2, 0) is 14.8 Å². The average Bonchev–Trinajstić information content (AvgIpc) is 2.77. The third-order valence-corrected chi connectivity index (χ3v) is 5.62. The summed E-state index contributed by atoms with van der Waals surface area (Å²) in [5, 5.41) is 3.32. The molecular weight excluding hydrogens is 288 g/mol. The Balaban J connectivity index is 2.16. The van der Waals surface area contributed by atoms with Crippen LogP contribution in [0.4, 0.5) is 0 Å². The topological polar surface area (TPSA) is 58.6 Å². The number of nitrogens with one attached hydrogen (secondary N) is 1. The van der Waals surface area contributed by atoms with Crippen LogP contribution in [0.5, 0.6) is 0 Å². The van der Waals surface area contributed by atoms with Gasteiger partial charge in [0.1, 0.15) is 0 Å². The molecule has 0 amide bonds. The van der Waals surface area contributed by atoms with Gasteiger partial charge in [-0.05, 0) is 37.6 Å². The maximum atomic E-state index is 12.6. The third kappa shape index (κ3) is 4.03. The predicted octanol–water partition coefficient (Wildman–Crippen LogP) is 1.77. The van der Waals surface area contributed by atoms with Gasteiger partial charge in [-0.25, -0.2) is 8.42 Å². The zero-order chi connectivity index (χ0) is 15.3. The van der Waals surface area contributed by atoms with Crippen molar-refractivity contribution in [2.45, 2.75) is 31.2 Å². The zero-order valence-corrected chi connectivity index (χ0v) is 13.5. The standard InChI is InChI=1S/C15H24N2O3S/c1-3-16-13(2)14-5-7-15(8-6-14)21(18,19)17-9-4-11-20-12-10-17/h5-8,13,16H,3-4,9-12H2,1-2H3. The van der Waals surface area contributed by atoms with Crippen molar-refractivity contribution in [3.63, 3.8) is 0 Å². The third-order valence-electron chi connectivity index (χ3n) is 3.71. The maximum absolute atomic E-state index is 12.6. The molecule has 0 bridgehead atoms. The van der Waals surface area contributed by atoms with Crippen LogP contribution >= 0.6 is 0 Å². The molecule has 5 nitrogen and oxygen atoms in total. The number of hydrogen-bond acceptors (Lipinski definition) is 4. The molecule has 0 spiro atoms. The van der Waals surface area contributed by atoms with Gasteiger partial charge in [0.2, 0.25) is 10.0 Å². The van der Waals surface area contributed by atoms with Gasteiger partial charge < -0.3 is 10.1 Å². The summed E-state index contributed by atoms with van der Waals surface area (Å²) >= 11 is 0. The number of ether oxygens (including phenoxy) is 1. The van der Waals surface area contributed by atoms with Crippen molar-refractivity contribution in [1.82, 2.24) is 9.62 Å². The molecule has 0 radical (unpaired) electrons. The van der Waals surface area contributed by atoms with E-state index in [1.165, 1.54) is 4.31 Å². The highest BCUT2D eigenvalue weighted by Gasteiger charge is 2.25. The van der Waals surface area contributed by atoms with Gasteiger partial charge in [-0.2, -0.15) is 4.31 Å². The van der Waals surface area contributed by atoms with Crippen LogP contribution in [0.1, 0.15) is 31.9 Å². The van der Waals surface area contributed by atoms with Crippen LogP contribution in [0, 0.1) is 0 Å². The Bertz CT molecular complexity index is 535. The quantitative estimate of drug-likeness (QED) is 0.900. The van der Waals surface area contributed by atoms with Crippen LogP contribution in [0.25, 0.3) is 0 Å². The SMILES string of the molecule is CCNC(C)c1ccc(S(=O)(=O)N2CCCOCC2)cc1. The van der Waals surface area contributed by atoms with Crippen LogP contribution in [0.2, 0.25) is 0 Å². The Morgan fingerprint density at radius 2 is 1.95 bits per heavy atom. The summed E-state index contributed by atoms with van der Waals surface area (Å²) in [6.07, 6.45) is 0.745. The lowest BCUT2D eigenvalue weighted by Gasteiger charge is -2.20. The molecule has 1 fully saturated rings. The first-order chi connectivity index (χ1) is 10.1.